The minimum atomic E-state index is 0.823. The Kier molecular flexibility index (Phi) is 3.13. The van der Waals surface area contributed by atoms with Crippen molar-refractivity contribution in [3.63, 3.8) is 0 Å². The Morgan fingerprint density at radius 1 is 1.28 bits per heavy atom. The van der Waals surface area contributed by atoms with E-state index >= 15 is 0 Å². The van der Waals surface area contributed by atoms with E-state index in [1.807, 2.05) is 13.0 Å². The van der Waals surface area contributed by atoms with E-state index in [1.54, 1.807) is 11.3 Å². The summed E-state index contributed by atoms with van der Waals surface area (Å²) >= 11 is 1.70. The van der Waals surface area contributed by atoms with Crippen molar-refractivity contribution in [3.8, 4) is 0 Å². The largest absolute Gasteiger partial charge is 0.361 e. The number of aromatic amines is 1. The molecule has 0 aliphatic carbocycles. The molecule has 0 aliphatic heterocycles. The first-order valence-electron chi connectivity index (χ1n) is 5.99. The zero-order valence-corrected chi connectivity index (χ0v) is 11.1. The van der Waals surface area contributed by atoms with Crippen LogP contribution >= 0.6 is 11.3 Å². The Morgan fingerprint density at radius 3 is 3.00 bits per heavy atom. The summed E-state index contributed by atoms with van der Waals surface area (Å²) in [6.07, 6.45) is 2.07. The van der Waals surface area contributed by atoms with Crippen LogP contribution in [0.2, 0.25) is 0 Å². The van der Waals surface area contributed by atoms with Crippen LogP contribution in [-0.4, -0.2) is 9.97 Å². The van der Waals surface area contributed by atoms with E-state index in [-0.39, 0.29) is 0 Å². The molecule has 3 aromatic rings. The molecule has 0 unspecified atom stereocenters. The van der Waals surface area contributed by atoms with E-state index in [9.17, 15) is 0 Å². The first-order chi connectivity index (χ1) is 8.83. The highest BCUT2D eigenvalue weighted by Gasteiger charge is 2.03. The monoisotopic (exact) mass is 257 g/mol. The number of nitrogens with zero attached hydrogens (tertiary/aromatic N) is 1. The summed E-state index contributed by atoms with van der Waals surface area (Å²) in [6.45, 7) is 3.72. The summed E-state index contributed by atoms with van der Waals surface area (Å²) in [4.78, 5) is 7.73. The summed E-state index contributed by atoms with van der Waals surface area (Å²) in [5.41, 5.74) is 3.62. The number of nitrogens with one attached hydrogen (secondary N) is 2. The Labute approximate surface area is 110 Å². The van der Waals surface area contributed by atoms with E-state index in [1.165, 1.54) is 16.5 Å². The molecule has 0 bridgehead atoms. The van der Waals surface area contributed by atoms with Gasteiger partial charge in [0.25, 0.3) is 0 Å². The van der Waals surface area contributed by atoms with Gasteiger partial charge in [-0.15, -0.1) is 11.3 Å². The fourth-order valence-corrected chi connectivity index (χ4v) is 2.71. The molecule has 18 heavy (non-hydrogen) atoms. The van der Waals surface area contributed by atoms with Gasteiger partial charge in [-0.05, 0) is 18.6 Å². The number of rotatable bonds is 4. The SMILES string of the molecule is Cc1nc(CNCc2c[nH]c3ccccc23)cs1. The number of aryl methyl sites for hydroxylation is 1. The van der Waals surface area contributed by atoms with Gasteiger partial charge in [0.2, 0.25) is 0 Å². The van der Waals surface area contributed by atoms with Gasteiger partial charge >= 0.3 is 0 Å². The number of H-pyrrole nitrogens is 1. The van der Waals surface area contributed by atoms with Crippen LogP contribution in [0.5, 0.6) is 0 Å². The smallest absolute Gasteiger partial charge is 0.0897 e. The van der Waals surface area contributed by atoms with Gasteiger partial charge in [0.05, 0.1) is 10.7 Å². The quantitative estimate of drug-likeness (QED) is 0.753. The highest BCUT2D eigenvalue weighted by Crippen LogP contribution is 2.17. The van der Waals surface area contributed by atoms with Gasteiger partial charge in [-0.1, -0.05) is 18.2 Å². The molecule has 2 N–H and O–H groups in total. The molecule has 0 fully saturated rings. The van der Waals surface area contributed by atoms with Gasteiger partial charge in [-0.2, -0.15) is 0 Å². The Balaban J connectivity index is 1.66. The lowest BCUT2D eigenvalue weighted by Gasteiger charge is -2.01. The maximum atomic E-state index is 4.44. The van der Waals surface area contributed by atoms with Crippen molar-refractivity contribution in [2.75, 3.05) is 0 Å². The van der Waals surface area contributed by atoms with E-state index < -0.39 is 0 Å². The average Bonchev–Trinajstić information content (AvgIpc) is 2.97. The summed E-state index contributed by atoms with van der Waals surface area (Å²) in [5.74, 6) is 0. The summed E-state index contributed by atoms with van der Waals surface area (Å²) < 4.78 is 0. The number of benzene rings is 1. The first-order valence-corrected chi connectivity index (χ1v) is 6.87. The second-order valence-corrected chi connectivity index (χ2v) is 5.38. The molecule has 0 saturated carbocycles. The van der Waals surface area contributed by atoms with Gasteiger partial charge in [-0.25, -0.2) is 4.98 Å². The van der Waals surface area contributed by atoms with Crippen LogP contribution in [0, 0.1) is 6.92 Å². The van der Waals surface area contributed by atoms with Crippen molar-refractivity contribution in [1.82, 2.24) is 15.3 Å². The van der Waals surface area contributed by atoms with Crippen LogP contribution in [0.15, 0.2) is 35.8 Å². The summed E-state index contributed by atoms with van der Waals surface area (Å²) in [5, 5.41) is 7.96. The fourth-order valence-electron chi connectivity index (χ4n) is 2.09. The molecule has 2 heterocycles. The van der Waals surface area contributed by atoms with Crippen LogP contribution in [0.1, 0.15) is 16.3 Å². The Bertz CT molecular complexity index is 654. The van der Waals surface area contributed by atoms with Gasteiger partial charge in [0, 0.05) is 35.6 Å². The normalized spacial score (nSPS) is 11.2. The number of hydrogen-bond donors (Lipinski definition) is 2. The maximum absolute atomic E-state index is 4.44. The molecule has 3 nitrogen and oxygen atoms in total. The summed E-state index contributed by atoms with van der Waals surface area (Å²) in [6, 6.07) is 8.37. The molecule has 4 heteroatoms. The first kappa shape index (κ1) is 11.4. The van der Waals surface area contributed by atoms with Crippen molar-refractivity contribution < 1.29 is 0 Å². The van der Waals surface area contributed by atoms with Crippen LogP contribution in [0.3, 0.4) is 0 Å². The van der Waals surface area contributed by atoms with Gasteiger partial charge in [-0.3, -0.25) is 0 Å². The lowest BCUT2D eigenvalue weighted by atomic mass is 10.2. The number of thiazole rings is 1. The predicted octanol–water partition coefficient (Wildman–Crippen LogP) is 3.22. The Morgan fingerprint density at radius 2 is 2.17 bits per heavy atom. The minimum Gasteiger partial charge on any atom is -0.361 e. The number of hydrogen-bond acceptors (Lipinski definition) is 3. The third kappa shape index (κ3) is 2.30. The molecule has 3 rings (SSSR count). The van der Waals surface area contributed by atoms with E-state index in [4.69, 9.17) is 0 Å². The third-order valence-electron chi connectivity index (χ3n) is 2.96. The van der Waals surface area contributed by atoms with Crippen LogP contribution in [0.25, 0.3) is 10.9 Å². The second kappa shape index (κ2) is 4.92. The fraction of sp³-hybridized carbons (Fsp3) is 0.214. The standard InChI is InChI=1S/C14H15N3S/c1-10-17-12(9-18-10)8-15-6-11-7-16-14-5-3-2-4-13(11)14/h2-5,7,9,15-16H,6,8H2,1H3. The molecular formula is C14H15N3S. The van der Waals surface area contributed by atoms with Crippen molar-refractivity contribution in [3.05, 3.63) is 52.1 Å². The van der Waals surface area contributed by atoms with Gasteiger partial charge < -0.3 is 10.3 Å². The minimum absolute atomic E-state index is 0.823. The van der Waals surface area contributed by atoms with Crippen LogP contribution in [-0.2, 0) is 13.1 Å². The molecule has 0 saturated heterocycles. The molecule has 0 atom stereocenters. The van der Waals surface area contributed by atoms with Gasteiger partial charge in [0.1, 0.15) is 0 Å². The lowest BCUT2D eigenvalue weighted by Crippen LogP contribution is -2.12. The number of aromatic nitrogens is 2. The molecule has 0 radical (unpaired) electrons. The van der Waals surface area contributed by atoms with Crippen LogP contribution < -0.4 is 5.32 Å². The predicted molar refractivity (Wildman–Crippen MR) is 75.7 cm³/mol. The highest BCUT2D eigenvalue weighted by molar-refractivity contribution is 7.09. The van der Waals surface area contributed by atoms with Crippen molar-refractivity contribution >= 4 is 22.2 Å². The third-order valence-corrected chi connectivity index (χ3v) is 3.79. The average molecular weight is 257 g/mol. The Hall–Kier alpha value is -1.65. The van der Waals surface area contributed by atoms with Crippen molar-refractivity contribution in [2.24, 2.45) is 0 Å². The molecule has 2 aromatic heterocycles. The second-order valence-electron chi connectivity index (χ2n) is 4.32. The van der Waals surface area contributed by atoms with Crippen molar-refractivity contribution in [2.45, 2.75) is 20.0 Å². The zero-order valence-electron chi connectivity index (χ0n) is 10.2. The lowest BCUT2D eigenvalue weighted by molar-refractivity contribution is 0.684. The van der Waals surface area contributed by atoms with E-state index in [2.05, 4.69) is 45.1 Å². The molecule has 0 aliphatic rings. The molecular weight excluding hydrogens is 242 g/mol. The van der Waals surface area contributed by atoms with Gasteiger partial charge in [0.15, 0.2) is 0 Å². The molecule has 1 aromatic carbocycles. The number of fused-ring (bicyclic) bond motifs is 1. The molecule has 92 valence electrons. The zero-order chi connectivity index (χ0) is 12.4. The summed E-state index contributed by atoms with van der Waals surface area (Å²) in [7, 11) is 0. The maximum Gasteiger partial charge on any atom is 0.0897 e. The molecule has 0 spiro atoms. The van der Waals surface area contributed by atoms with Crippen LogP contribution in [0.4, 0.5) is 0 Å². The van der Waals surface area contributed by atoms with Crippen molar-refractivity contribution in [1.29, 1.82) is 0 Å². The topological polar surface area (TPSA) is 40.7 Å². The van der Waals surface area contributed by atoms with E-state index in [0.29, 0.717) is 0 Å². The molecule has 0 amide bonds. The van der Waals surface area contributed by atoms with E-state index in [0.717, 1.165) is 23.8 Å². The number of para-hydroxylation sites is 1. The highest BCUT2D eigenvalue weighted by atomic mass is 32.1.